The monoisotopic (exact) mass is 802 g/mol. The van der Waals surface area contributed by atoms with Gasteiger partial charge >= 0.3 is 12.1 Å². The molecule has 14 heteroatoms. The normalized spacial score (nSPS) is 21.8. The Morgan fingerprint density at radius 2 is 1.74 bits per heavy atom. The standard InChI is InChI=1S/C40H63ClN4O7Si2/c1-26(2)42-39(47)51-30-17-15-28(16-18-30)27-11-13-29(14-12-27)36-32(41)22-33-37(44-36)45(25-48-19-20-53(6,7)8)38(43-33)50-31-21-34(49-24-31)35(23-46)52-54(9,10)40(3,4)5/h11-14,22,26,28,30-31,34-35,46H,15-21,23-25H2,1-10H3,(H,42,47). The Labute approximate surface area is 328 Å². The summed E-state index contributed by atoms with van der Waals surface area (Å²) in [6.45, 7) is 22.9. The number of carbonyl (C=O) groups excluding carboxylic acids is 1. The summed E-state index contributed by atoms with van der Waals surface area (Å²) < 4.78 is 33.0. The van der Waals surface area contributed by atoms with Gasteiger partial charge in [-0.15, -0.1) is 0 Å². The predicted molar refractivity (Wildman–Crippen MR) is 220 cm³/mol. The number of carbonyl (C=O) groups is 1. The van der Waals surface area contributed by atoms with Crippen LogP contribution in [0.25, 0.3) is 22.4 Å². The van der Waals surface area contributed by atoms with Crippen LogP contribution >= 0.6 is 11.6 Å². The number of aliphatic hydroxyl groups excluding tert-OH is 1. The van der Waals surface area contributed by atoms with Gasteiger partial charge in [0.15, 0.2) is 14.0 Å². The number of amides is 1. The van der Waals surface area contributed by atoms with Gasteiger partial charge in [0.2, 0.25) is 0 Å². The van der Waals surface area contributed by atoms with Gasteiger partial charge in [-0.2, -0.15) is 4.98 Å². The fraction of sp³-hybridized carbons (Fsp3) is 0.675. The number of aromatic nitrogens is 3. The molecule has 3 aromatic rings. The third kappa shape index (κ3) is 11.1. The second kappa shape index (κ2) is 17.7. The van der Waals surface area contributed by atoms with E-state index < -0.39 is 22.5 Å². The maximum Gasteiger partial charge on any atom is 0.407 e. The minimum Gasteiger partial charge on any atom is -0.459 e. The Bertz CT molecular complexity index is 1700. The highest BCUT2D eigenvalue weighted by Gasteiger charge is 2.43. The van der Waals surface area contributed by atoms with E-state index in [-0.39, 0.29) is 48.8 Å². The molecule has 2 fully saturated rings. The summed E-state index contributed by atoms with van der Waals surface area (Å²) >= 11 is 6.90. The van der Waals surface area contributed by atoms with E-state index in [0.717, 1.165) is 37.3 Å². The lowest BCUT2D eigenvalue weighted by Gasteiger charge is -2.40. The molecule has 5 rings (SSSR count). The summed E-state index contributed by atoms with van der Waals surface area (Å²) in [5, 5.41) is 13.6. The van der Waals surface area contributed by atoms with E-state index in [2.05, 4.69) is 83.1 Å². The van der Waals surface area contributed by atoms with E-state index >= 15 is 0 Å². The minimum absolute atomic E-state index is 0.00803. The number of halogens is 1. The molecule has 3 heterocycles. The zero-order chi connectivity index (χ0) is 39.4. The van der Waals surface area contributed by atoms with Gasteiger partial charge in [-0.3, -0.25) is 4.57 Å². The molecule has 1 saturated carbocycles. The number of hydrogen-bond donors (Lipinski definition) is 2. The number of imidazole rings is 1. The van der Waals surface area contributed by atoms with Crippen LogP contribution in [-0.4, -0.2) is 92.4 Å². The SMILES string of the molecule is CC(C)NC(=O)OC1CCC(c2ccc(-c3nc4c(cc3Cl)nc(OC3COC(C(CO)O[Si](C)(C)C(C)(C)C)C3)n4COCC[Si](C)(C)C)cc2)CC1. The molecule has 1 amide bonds. The van der Waals surface area contributed by atoms with Gasteiger partial charge in [0.05, 0.1) is 36.1 Å². The highest BCUT2D eigenvalue weighted by atomic mass is 35.5. The molecule has 2 aromatic heterocycles. The van der Waals surface area contributed by atoms with Gasteiger partial charge in [-0.1, -0.05) is 76.3 Å². The summed E-state index contributed by atoms with van der Waals surface area (Å²) in [4.78, 5) is 22.0. The molecule has 11 nitrogen and oxygen atoms in total. The number of fused-ring (bicyclic) bond motifs is 1. The molecule has 54 heavy (non-hydrogen) atoms. The fourth-order valence-electron chi connectivity index (χ4n) is 6.70. The zero-order valence-electron chi connectivity index (χ0n) is 34.0. The van der Waals surface area contributed by atoms with E-state index in [9.17, 15) is 9.90 Å². The molecule has 2 N–H and O–H groups in total. The second-order valence-electron chi connectivity index (χ2n) is 18.1. The first kappa shape index (κ1) is 42.6. The first-order valence-corrected chi connectivity index (χ1v) is 26.6. The Morgan fingerprint density at radius 3 is 2.35 bits per heavy atom. The summed E-state index contributed by atoms with van der Waals surface area (Å²) in [7, 11) is -3.43. The van der Waals surface area contributed by atoms with E-state index in [1.807, 2.05) is 24.5 Å². The number of benzene rings is 1. The molecule has 300 valence electrons. The van der Waals surface area contributed by atoms with Crippen molar-refractivity contribution in [3.05, 3.63) is 40.9 Å². The first-order valence-electron chi connectivity index (χ1n) is 19.6. The van der Waals surface area contributed by atoms with Gasteiger partial charge < -0.3 is 33.8 Å². The van der Waals surface area contributed by atoms with Gasteiger partial charge in [-0.25, -0.2) is 9.78 Å². The van der Waals surface area contributed by atoms with Gasteiger partial charge in [0.25, 0.3) is 0 Å². The Morgan fingerprint density at radius 1 is 1.06 bits per heavy atom. The Balaban J connectivity index is 1.32. The smallest absolute Gasteiger partial charge is 0.407 e. The summed E-state index contributed by atoms with van der Waals surface area (Å²) in [5.74, 6) is 0.401. The zero-order valence-corrected chi connectivity index (χ0v) is 36.8. The molecule has 1 saturated heterocycles. The van der Waals surface area contributed by atoms with Crippen LogP contribution in [0.2, 0.25) is 48.8 Å². The third-order valence-corrected chi connectivity index (χ3v) is 17.5. The summed E-state index contributed by atoms with van der Waals surface area (Å²) in [5.41, 5.74) is 4.08. The largest absolute Gasteiger partial charge is 0.459 e. The summed E-state index contributed by atoms with van der Waals surface area (Å²) in [6.07, 6.45) is 2.78. The van der Waals surface area contributed by atoms with Crippen LogP contribution in [0.4, 0.5) is 4.79 Å². The molecule has 0 spiro atoms. The van der Waals surface area contributed by atoms with Gasteiger partial charge in [0.1, 0.15) is 24.5 Å². The van der Waals surface area contributed by atoms with Crippen molar-refractivity contribution in [1.82, 2.24) is 19.9 Å². The minimum atomic E-state index is -2.13. The Hall–Kier alpha value is -2.53. The van der Waals surface area contributed by atoms with Crippen LogP contribution in [0.15, 0.2) is 30.3 Å². The van der Waals surface area contributed by atoms with Crippen LogP contribution in [0.1, 0.15) is 78.2 Å². The van der Waals surface area contributed by atoms with Crippen molar-refractivity contribution >= 4 is 45.2 Å². The summed E-state index contributed by atoms with van der Waals surface area (Å²) in [6, 6.07) is 11.8. The molecule has 2 aliphatic rings. The maximum absolute atomic E-state index is 12.1. The molecule has 0 radical (unpaired) electrons. The lowest BCUT2D eigenvalue weighted by atomic mass is 9.82. The number of aliphatic hydroxyl groups is 1. The highest BCUT2D eigenvalue weighted by molar-refractivity contribution is 6.76. The van der Waals surface area contributed by atoms with Crippen LogP contribution in [0, 0.1) is 0 Å². The number of nitrogens with one attached hydrogen (secondary N) is 1. The molecule has 3 unspecified atom stereocenters. The topological polar surface area (TPSA) is 126 Å². The van der Waals surface area contributed by atoms with Crippen molar-refractivity contribution in [3.8, 4) is 17.3 Å². The maximum atomic E-state index is 12.1. The van der Waals surface area contributed by atoms with Crippen LogP contribution in [0.5, 0.6) is 6.01 Å². The van der Waals surface area contributed by atoms with E-state index in [1.165, 1.54) is 5.56 Å². The van der Waals surface area contributed by atoms with E-state index in [1.54, 1.807) is 0 Å². The fourth-order valence-corrected chi connectivity index (χ4v) is 9.05. The van der Waals surface area contributed by atoms with Crippen molar-refractivity contribution in [2.45, 2.75) is 154 Å². The lowest BCUT2D eigenvalue weighted by molar-refractivity contribution is -0.0221. The predicted octanol–water partition coefficient (Wildman–Crippen LogP) is 9.14. The molecule has 0 bridgehead atoms. The van der Waals surface area contributed by atoms with Crippen molar-refractivity contribution in [2.24, 2.45) is 0 Å². The van der Waals surface area contributed by atoms with Gasteiger partial charge in [-0.05, 0) is 81.3 Å². The van der Waals surface area contributed by atoms with E-state index in [4.69, 9.17) is 44.9 Å². The van der Waals surface area contributed by atoms with Crippen molar-refractivity contribution < 1.29 is 33.3 Å². The average Bonchev–Trinajstić information content (AvgIpc) is 3.68. The van der Waals surface area contributed by atoms with Crippen LogP contribution in [0.3, 0.4) is 0 Å². The molecular weight excluding hydrogens is 740 g/mol. The van der Waals surface area contributed by atoms with E-state index in [0.29, 0.717) is 53.4 Å². The van der Waals surface area contributed by atoms with Crippen molar-refractivity contribution in [3.63, 3.8) is 0 Å². The van der Waals surface area contributed by atoms with Crippen LogP contribution in [-0.2, 0) is 25.4 Å². The third-order valence-electron chi connectivity index (χ3n) is 11.0. The molecule has 1 aromatic carbocycles. The van der Waals surface area contributed by atoms with Crippen molar-refractivity contribution in [2.75, 3.05) is 19.8 Å². The van der Waals surface area contributed by atoms with Gasteiger partial charge in [0, 0.05) is 32.7 Å². The molecular formula is C40H63ClN4O7Si2. The van der Waals surface area contributed by atoms with Crippen LogP contribution < -0.4 is 10.1 Å². The first-order chi connectivity index (χ1) is 25.3. The average molecular weight is 804 g/mol. The Kier molecular flexibility index (Phi) is 14.0. The number of ether oxygens (including phenoxy) is 4. The number of rotatable bonds is 15. The number of hydrogen-bond acceptors (Lipinski definition) is 9. The number of nitrogens with zero attached hydrogens (tertiary/aromatic N) is 3. The molecule has 1 aliphatic heterocycles. The second-order valence-corrected chi connectivity index (χ2v) is 28.9. The molecule has 3 atom stereocenters. The highest BCUT2D eigenvalue weighted by Crippen LogP contribution is 2.39. The number of alkyl carbamates (subject to hydrolysis) is 1. The molecule has 1 aliphatic carbocycles. The quantitative estimate of drug-likeness (QED) is 0.114. The lowest BCUT2D eigenvalue weighted by Crippen LogP contribution is -2.48. The van der Waals surface area contributed by atoms with Crippen molar-refractivity contribution in [1.29, 1.82) is 0 Å². The number of pyridine rings is 1.